The van der Waals surface area contributed by atoms with Crippen LogP contribution in [0.4, 0.5) is 0 Å². The maximum atomic E-state index is 9.61. The quantitative estimate of drug-likeness (QED) is 0.378. The van der Waals surface area contributed by atoms with Gasteiger partial charge in [-0.05, 0) is 0 Å². The average Bonchev–Trinajstić information content (AvgIpc) is 1.64. The van der Waals surface area contributed by atoms with Gasteiger partial charge in [-0.3, -0.25) is 4.79 Å². The molecule has 0 spiro atoms. The number of halogens is 3. The number of alkyl halides is 3. The van der Waals surface area contributed by atoms with Crippen molar-refractivity contribution < 1.29 is 9.90 Å². The molecule has 0 aliphatic carbocycles. The summed E-state index contributed by atoms with van der Waals surface area (Å²) >= 11 is 15.4. The third-order valence-corrected chi connectivity index (χ3v) is 1.16. The van der Waals surface area contributed by atoms with Gasteiger partial charge in [0.05, 0.1) is 0 Å². The van der Waals surface area contributed by atoms with E-state index in [0.29, 0.717) is 0 Å². The largest absolute Gasteiger partial charge is 0.369 e. The predicted molar refractivity (Wildman–Crippen MR) is 35.5 cm³/mol. The van der Waals surface area contributed by atoms with E-state index >= 15 is 0 Å². The zero-order chi connectivity index (χ0) is 7.49. The van der Waals surface area contributed by atoms with Gasteiger partial charge in [0, 0.05) is 0 Å². The molecule has 9 heavy (non-hydrogen) atoms. The Morgan fingerprint density at radius 3 is 2.11 bits per heavy atom. The smallest absolute Gasteiger partial charge is 0.234 e. The molecule has 0 unspecified atom stereocenters. The van der Waals surface area contributed by atoms with E-state index in [2.05, 4.69) is 0 Å². The van der Waals surface area contributed by atoms with E-state index in [1.54, 1.807) is 0 Å². The fraction of sp³-hybridized carbons (Fsp3) is 0.667. The van der Waals surface area contributed by atoms with Gasteiger partial charge in [0.25, 0.3) is 0 Å². The van der Waals surface area contributed by atoms with Crippen LogP contribution in [0.5, 0.6) is 0 Å². The monoisotopic (exact) mass is 191 g/mol. The van der Waals surface area contributed by atoms with Crippen LogP contribution in [0.1, 0.15) is 0 Å². The van der Waals surface area contributed by atoms with Gasteiger partial charge in [0.2, 0.25) is 10.2 Å². The van der Waals surface area contributed by atoms with Gasteiger partial charge in [-0.2, -0.15) is 0 Å². The molecule has 0 rings (SSSR count). The van der Waals surface area contributed by atoms with Crippen molar-refractivity contribution in [1.82, 2.24) is 5.32 Å². The highest BCUT2D eigenvalue weighted by molar-refractivity contribution is 6.68. The van der Waals surface area contributed by atoms with Gasteiger partial charge in [-0.15, -0.1) is 0 Å². The van der Waals surface area contributed by atoms with Crippen LogP contribution in [-0.2, 0) is 4.79 Å². The van der Waals surface area contributed by atoms with Gasteiger partial charge in [0.15, 0.2) is 6.23 Å². The minimum Gasteiger partial charge on any atom is -0.369 e. The SMILES string of the molecule is O=CN[C@H](O)C(Cl)(Cl)Cl. The number of aliphatic hydroxyl groups is 1. The summed E-state index contributed by atoms with van der Waals surface area (Å²) < 4.78 is -1.86. The van der Waals surface area contributed by atoms with Gasteiger partial charge < -0.3 is 10.4 Å². The van der Waals surface area contributed by atoms with Crippen LogP contribution in [0.3, 0.4) is 0 Å². The zero-order valence-corrected chi connectivity index (χ0v) is 6.41. The molecule has 0 aromatic heterocycles. The topological polar surface area (TPSA) is 49.3 Å². The van der Waals surface area contributed by atoms with Crippen molar-refractivity contribution in [2.24, 2.45) is 0 Å². The Balaban J connectivity index is 3.72. The number of rotatable bonds is 2. The summed E-state index contributed by atoms with van der Waals surface area (Å²) in [5, 5.41) is 10.5. The maximum Gasteiger partial charge on any atom is 0.234 e. The molecule has 3 nitrogen and oxygen atoms in total. The zero-order valence-electron chi connectivity index (χ0n) is 4.14. The molecule has 0 aromatic rings. The molecule has 1 amide bonds. The van der Waals surface area contributed by atoms with Crippen molar-refractivity contribution in [2.75, 3.05) is 0 Å². The molecule has 0 aliphatic heterocycles. The summed E-state index contributed by atoms with van der Waals surface area (Å²) in [4.78, 5) is 9.61. The predicted octanol–water partition coefficient (Wildman–Crippen LogP) is 0.421. The Kier molecular flexibility index (Phi) is 3.58. The standard InChI is InChI=1S/C3H4Cl3NO2/c4-3(5,6)2(9)7-1-8/h1-2,9H,(H,7,8)/t2-/m1/s1. The second kappa shape index (κ2) is 3.46. The van der Waals surface area contributed by atoms with E-state index in [9.17, 15) is 4.79 Å². The Labute approximate surface area is 66.9 Å². The third-order valence-electron chi connectivity index (χ3n) is 0.536. The van der Waals surface area contributed by atoms with E-state index in [-0.39, 0.29) is 6.41 Å². The lowest BCUT2D eigenvalue weighted by Crippen LogP contribution is -2.38. The van der Waals surface area contributed by atoms with Crippen molar-refractivity contribution in [2.45, 2.75) is 10.0 Å². The molecule has 0 radical (unpaired) electrons. The highest BCUT2D eigenvalue weighted by Crippen LogP contribution is 2.28. The van der Waals surface area contributed by atoms with Crippen LogP contribution in [0.15, 0.2) is 0 Å². The fourth-order valence-electron chi connectivity index (χ4n) is 0.159. The molecule has 0 saturated heterocycles. The first-order valence-corrected chi connectivity index (χ1v) is 3.06. The molecule has 0 aromatic carbocycles. The molecule has 0 fully saturated rings. The highest BCUT2D eigenvalue weighted by atomic mass is 35.6. The first kappa shape index (κ1) is 9.30. The summed E-state index contributed by atoms with van der Waals surface area (Å²) in [5.41, 5.74) is 0. The van der Waals surface area contributed by atoms with Gasteiger partial charge in [0.1, 0.15) is 0 Å². The van der Waals surface area contributed by atoms with Crippen LogP contribution >= 0.6 is 34.8 Å². The number of nitrogens with one attached hydrogen (secondary N) is 1. The number of carbonyl (C=O) groups is 1. The molecule has 0 heterocycles. The summed E-state index contributed by atoms with van der Waals surface area (Å²) in [7, 11) is 0. The van der Waals surface area contributed by atoms with Crippen LogP contribution in [-0.4, -0.2) is 21.5 Å². The maximum absolute atomic E-state index is 9.61. The molecule has 2 N–H and O–H groups in total. The van der Waals surface area contributed by atoms with E-state index in [1.165, 1.54) is 0 Å². The molecule has 1 atom stereocenters. The molecule has 54 valence electrons. The van der Waals surface area contributed by atoms with Gasteiger partial charge in [-0.25, -0.2) is 0 Å². The summed E-state index contributed by atoms with van der Waals surface area (Å²) in [6, 6.07) is 0. The first-order valence-electron chi connectivity index (χ1n) is 1.93. The lowest BCUT2D eigenvalue weighted by atomic mass is 10.6. The number of aliphatic hydroxyl groups excluding tert-OH is 1. The Morgan fingerprint density at radius 1 is 1.56 bits per heavy atom. The second-order valence-corrected chi connectivity index (χ2v) is 3.60. The molecule has 0 bridgehead atoms. The molecule has 6 heteroatoms. The normalized spacial score (nSPS) is 14.7. The Hall–Kier alpha value is 0.300. The average molecular weight is 192 g/mol. The fourth-order valence-corrected chi connectivity index (χ4v) is 0.348. The van der Waals surface area contributed by atoms with Gasteiger partial charge >= 0.3 is 0 Å². The molecule has 0 saturated carbocycles. The third kappa shape index (κ3) is 3.81. The lowest BCUT2D eigenvalue weighted by Gasteiger charge is -2.16. The summed E-state index contributed by atoms with van der Waals surface area (Å²) in [6.07, 6.45) is -1.22. The molecular weight excluding hydrogens is 188 g/mol. The number of carbonyl (C=O) groups excluding carboxylic acids is 1. The molecule has 0 aliphatic rings. The Morgan fingerprint density at radius 2 is 2.00 bits per heavy atom. The minimum absolute atomic E-state index is 0.243. The van der Waals surface area contributed by atoms with Crippen molar-refractivity contribution in [1.29, 1.82) is 0 Å². The van der Waals surface area contributed by atoms with Crippen LogP contribution in [0.2, 0.25) is 0 Å². The Bertz CT molecular complexity index is 102. The van der Waals surface area contributed by atoms with Crippen molar-refractivity contribution in [3.05, 3.63) is 0 Å². The summed E-state index contributed by atoms with van der Waals surface area (Å²) in [5.74, 6) is 0. The lowest BCUT2D eigenvalue weighted by molar-refractivity contribution is -0.112. The second-order valence-electron chi connectivity index (χ2n) is 1.23. The number of hydrogen-bond acceptors (Lipinski definition) is 2. The summed E-state index contributed by atoms with van der Waals surface area (Å²) in [6.45, 7) is 0. The van der Waals surface area contributed by atoms with Gasteiger partial charge in [-0.1, -0.05) is 34.8 Å². The van der Waals surface area contributed by atoms with E-state index in [1.807, 2.05) is 5.32 Å². The van der Waals surface area contributed by atoms with Crippen LogP contribution in [0, 0.1) is 0 Å². The highest BCUT2D eigenvalue weighted by Gasteiger charge is 2.29. The van der Waals surface area contributed by atoms with Crippen LogP contribution < -0.4 is 5.32 Å². The molecular formula is C3H4Cl3NO2. The van der Waals surface area contributed by atoms with E-state index in [4.69, 9.17) is 39.9 Å². The van der Waals surface area contributed by atoms with E-state index < -0.39 is 10.0 Å². The van der Waals surface area contributed by atoms with Crippen LogP contribution in [0.25, 0.3) is 0 Å². The van der Waals surface area contributed by atoms with Crippen molar-refractivity contribution in [3.8, 4) is 0 Å². The number of hydrogen-bond donors (Lipinski definition) is 2. The van der Waals surface area contributed by atoms with Crippen molar-refractivity contribution in [3.63, 3.8) is 0 Å². The minimum atomic E-state index is -1.86. The number of amides is 1. The van der Waals surface area contributed by atoms with E-state index in [0.717, 1.165) is 0 Å². The van der Waals surface area contributed by atoms with Crippen molar-refractivity contribution >= 4 is 41.2 Å². The first-order chi connectivity index (χ1) is 3.98.